The van der Waals surface area contributed by atoms with E-state index in [0.717, 1.165) is 5.69 Å². The van der Waals surface area contributed by atoms with Gasteiger partial charge < -0.3 is 0 Å². The van der Waals surface area contributed by atoms with E-state index in [1.54, 1.807) is 0 Å². The van der Waals surface area contributed by atoms with Gasteiger partial charge in [-0.25, -0.2) is 0 Å². The molecular weight excluding hydrogens is 525 g/mol. The van der Waals surface area contributed by atoms with Gasteiger partial charge in [0.2, 0.25) is 0 Å². The monoisotopic (exact) mass is 549 g/mol. The number of para-hydroxylation sites is 1. The molecule has 0 N–H and O–H groups in total. The molecule has 0 saturated heterocycles. The Kier molecular flexibility index (Phi) is 4.91. The van der Waals surface area contributed by atoms with Gasteiger partial charge in [-0.05, 0) is 0 Å². The van der Waals surface area contributed by atoms with E-state index in [2.05, 4.69) is 144 Å². The van der Waals surface area contributed by atoms with Gasteiger partial charge >= 0.3 is 228 Å². The molecule has 0 radical (unpaired) electrons. The zero-order valence-electron chi connectivity index (χ0n) is 20.6. The molecule has 0 aliphatic carbocycles. The van der Waals surface area contributed by atoms with Crippen molar-refractivity contribution in [3.63, 3.8) is 0 Å². The quantitative estimate of drug-likeness (QED) is 0.157. The standard InChI is InChI=1S/C36H23NSe/c1-2-9-27(10-3-1)37(28-19-16-25-15-14-24-8-4-5-11-30(24)33(25)22-28)29-20-17-26-18-21-32-31-12-6-7-13-35(31)38-36(32)34(26)23-29/h1-23H. The van der Waals surface area contributed by atoms with Crippen molar-refractivity contribution in [1.29, 1.82) is 0 Å². The van der Waals surface area contributed by atoms with Crippen LogP contribution in [0.2, 0.25) is 0 Å². The Morgan fingerprint density at radius 3 is 1.76 bits per heavy atom. The fourth-order valence-electron chi connectivity index (χ4n) is 5.78. The molecule has 178 valence electrons. The molecule has 1 nitrogen and oxygen atoms in total. The molecule has 0 atom stereocenters. The fourth-order valence-corrected chi connectivity index (χ4v) is 8.36. The molecule has 8 aromatic rings. The van der Waals surface area contributed by atoms with Crippen LogP contribution in [-0.2, 0) is 0 Å². The molecule has 0 aliphatic heterocycles. The third-order valence-electron chi connectivity index (χ3n) is 7.61. The van der Waals surface area contributed by atoms with Crippen molar-refractivity contribution in [2.75, 3.05) is 4.90 Å². The number of fused-ring (bicyclic) bond motifs is 8. The summed E-state index contributed by atoms with van der Waals surface area (Å²) in [6.45, 7) is 0. The summed E-state index contributed by atoms with van der Waals surface area (Å²) < 4.78 is 2.98. The maximum absolute atomic E-state index is 2.40. The minimum atomic E-state index is 0.309. The Morgan fingerprint density at radius 1 is 0.368 bits per heavy atom. The Balaban J connectivity index is 1.39. The van der Waals surface area contributed by atoms with Gasteiger partial charge in [0.25, 0.3) is 0 Å². The Morgan fingerprint density at radius 2 is 0.947 bits per heavy atom. The topological polar surface area (TPSA) is 3.24 Å². The second kappa shape index (κ2) is 8.60. The second-order valence-corrected chi connectivity index (χ2v) is 12.0. The van der Waals surface area contributed by atoms with E-state index < -0.39 is 0 Å². The van der Waals surface area contributed by atoms with Crippen LogP contribution in [0.4, 0.5) is 17.1 Å². The number of rotatable bonds is 3. The summed E-state index contributed by atoms with van der Waals surface area (Å²) in [4.78, 5) is 2.40. The van der Waals surface area contributed by atoms with Crippen molar-refractivity contribution in [2.24, 2.45) is 0 Å². The fraction of sp³-hybridized carbons (Fsp3) is 0. The Hall–Kier alpha value is -4.36. The first-order valence-electron chi connectivity index (χ1n) is 12.9. The summed E-state index contributed by atoms with van der Waals surface area (Å²) in [6, 6.07) is 51.2. The molecule has 1 aromatic heterocycles. The number of benzene rings is 7. The molecule has 38 heavy (non-hydrogen) atoms. The van der Waals surface area contributed by atoms with Crippen molar-refractivity contribution >= 4 is 83.2 Å². The van der Waals surface area contributed by atoms with Gasteiger partial charge in [0, 0.05) is 0 Å². The van der Waals surface area contributed by atoms with Crippen molar-refractivity contribution in [2.45, 2.75) is 0 Å². The van der Waals surface area contributed by atoms with Crippen LogP contribution in [0.15, 0.2) is 140 Å². The molecule has 0 spiro atoms. The van der Waals surface area contributed by atoms with E-state index in [1.807, 2.05) is 0 Å². The summed E-state index contributed by atoms with van der Waals surface area (Å²) in [5, 5.41) is 10.6. The van der Waals surface area contributed by atoms with Gasteiger partial charge in [-0.15, -0.1) is 0 Å². The van der Waals surface area contributed by atoms with Crippen LogP contribution in [0, 0.1) is 0 Å². The van der Waals surface area contributed by atoms with E-state index in [1.165, 1.54) is 63.0 Å². The molecule has 0 saturated carbocycles. The van der Waals surface area contributed by atoms with Crippen LogP contribution in [0.25, 0.3) is 51.6 Å². The molecule has 0 fully saturated rings. The Bertz CT molecular complexity index is 2140. The third kappa shape index (κ3) is 3.39. The average Bonchev–Trinajstić information content (AvgIpc) is 3.37. The maximum atomic E-state index is 2.40. The SMILES string of the molecule is c1ccc(N(c2ccc3ccc4ccccc4c3c2)c2ccc3ccc4c5ccccc5[se]c4c3c2)cc1. The van der Waals surface area contributed by atoms with Gasteiger partial charge in [0.05, 0.1) is 0 Å². The van der Waals surface area contributed by atoms with Crippen LogP contribution in [0.5, 0.6) is 0 Å². The van der Waals surface area contributed by atoms with Gasteiger partial charge in [-0.3, -0.25) is 0 Å². The van der Waals surface area contributed by atoms with E-state index in [-0.39, 0.29) is 0 Å². The van der Waals surface area contributed by atoms with E-state index in [4.69, 9.17) is 0 Å². The van der Waals surface area contributed by atoms with Gasteiger partial charge in [0.1, 0.15) is 0 Å². The van der Waals surface area contributed by atoms with Crippen molar-refractivity contribution in [1.82, 2.24) is 0 Å². The second-order valence-electron chi connectivity index (χ2n) is 9.81. The van der Waals surface area contributed by atoms with Crippen LogP contribution >= 0.6 is 0 Å². The number of nitrogens with zero attached hydrogens (tertiary/aromatic N) is 1. The predicted octanol–water partition coefficient (Wildman–Crippen LogP) is 9.98. The third-order valence-corrected chi connectivity index (χ3v) is 10.2. The summed E-state index contributed by atoms with van der Waals surface area (Å²) in [5.41, 5.74) is 3.51. The summed E-state index contributed by atoms with van der Waals surface area (Å²) >= 11 is 0.309. The molecule has 0 amide bonds. The van der Waals surface area contributed by atoms with E-state index >= 15 is 0 Å². The van der Waals surface area contributed by atoms with Crippen LogP contribution in [0.3, 0.4) is 0 Å². The van der Waals surface area contributed by atoms with Crippen molar-refractivity contribution < 1.29 is 0 Å². The molecule has 0 unspecified atom stereocenters. The van der Waals surface area contributed by atoms with Crippen LogP contribution in [0.1, 0.15) is 0 Å². The zero-order valence-corrected chi connectivity index (χ0v) is 22.3. The zero-order chi connectivity index (χ0) is 25.1. The number of hydrogen-bond acceptors (Lipinski definition) is 1. The summed E-state index contributed by atoms with van der Waals surface area (Å²) in [6.07, 6.45) is 0. The molecule has 1 heterocycles. The van der Waals surface area contributed by atoms with Crippen LogP contribution < -0.4 is 4.90 Å². The summed E-state index contributed by atoms with van der Waals surface area (Å²) in [7, 11) is 0. The first-order valence-corrected chi connectivity index (χ1v) is 14.7. The van der Waals surface area contributed by atoms with Gasteiger partial charge in [-0.2, -0.15) is 0 Å². The Labute approximate surface area is 226 Å². The first-order chi connectivity index (χ1) is 18.8. The van der Waals surface area contributed by atoms with Crippen molar-refractivity contribution in [3.05, 3.63) is 140 Å². The van der Waals surface area contributed by atoms with Crippen molar-refractivity contribution in [3.8, 4) is 0 Å². The first kappa shape index (κ1) is 21.7. The molecule has 2 heteroatoms. The molecule has 0 bridgehead atoms. The predicted molar refractivity (Wildman–Crippen MR) is 166 cm³/mol. The molecule has 0 aliphatic rings. The van der Waals surface area contributed by atoms with Gasteiger partial charge in [-0.1, -0.05) is 0 Å². The molecule has 7 aromatic carbocycles. The normalized spacial score (nSPS) is 11.7. The number of anilines is 3. The summed E-state index contributed by atoms with van der Waals surface area (Å²) in [5.74, 6) is 0. The minimum absolute atomic E-state index is 0.309. The average molecular weight is 549 g/mol. The van der Waals surface area contributed by atoms with Gasteiger partial charge in [0.15, 0.2) is 0 Å². The van der Waals surface area contributed by atoms with E-state index in [9.17, 15) is 0 Å². The molecular formula is C36H23NSe. The van der Waals surface area contributed by atoms with Crippen LogP contribution in [-0.4, -0.2) is 14.5 Å². The molecule has 8 rings (SSSR count). The number of hydrogen-bond donors (Lipinski definition) is 0. The van der Waals surface area contributed by atoms with E-state index in [0.29, 0.717) is 14.5 Å².